The average Bonchev–Trinajstić information content (AvgIpc) is 2.42. The molecule has 0 radical (unpaired) electrons. The van der Waals surface area contributed by atoms with E-state index in [-0.39, 0.29) is 0 Å². The van der Waals surface area contributed by atoms with E-state index in [0.29, 0.717) is 13.2 Å². The highest BCUT2D eigenvalue weighted by Crippen LogP contribution is 1.88. The Hall–Kier alpha value is -0.160. The SMILES string of the molecule is CCN(CC)CCCO.CCN(CC)CCCO. The molecule has 18 heavy (non-hydrogen) atoms. The summed E-state index contributed by atoms with van der Waals surface area (Å²) in [6.45, 7) is 15.6. The summed E-state index contributed by atoms with van der Waals surface area (Å²) >= 11 is 0. The summed E-state index contributed by atoms with van der Waals surface area (Å²) in [6.07, 6.45) is 1.81. The standard InChI is InChI=1S/2C7H17NO/c2*1-3-8(4-2)6-5-7-9/h2*9H,3-7H2,1-2H3. The quantitative estimate of drug-likeness (QED) is 0.625. The van der Waals surface area contributed by atoms with E-state index in [2.05, 4.69) is 37.5 Å². The lowest BCUT2D eigenvalue weighted by atomic mass is 10.4. The zero-order valence-corrected chi connectivity index (χ0v) is 12.9. The van der Waals surface area contributed by atoms with Crippen molar-refractivity contribution in [2.24, 2.45) is 0 Å². The van der Waals surface area contributed by atoms with Gasteiger partial charge in [0.25, 0.3) is 0 Å². The molecule has 0 saturated heterocycles. The van der Waals surface area contributed by atoms with Crippen molar-refractivity contribution in [3.8, 4) is 0 Å². The van der Waals surface area contributed by atoms with Gasteiger partial charge >= 0.3 is 0 Å². The van der Waals surface area contributed by atoms with Crippen molar-refractivity contribution in [2.45, 2.75) is 40.5 Å². The summed E-state index contributed by atoms with van der Waals surface area (Å²) in [5, 5.41) is 17.0. The van der Waals surface area contributed by atoms with Crippen LogP contribution in [0.4, 0.5) is 0 Å². The van der Waals surface area contributed by atoms with Crippen LogP contribution in [-0.2, 0) is 0 Å². The molecule has 0 aromatic heterocycles. The number of hydrogen-bond acceptors (Lipinski definition) is 4. The largest absolute Gasteiger partial charge is 0.396 e. The van der Waals surface area contributed by atoms with Crippen LogP contribution in [0.2, 0.25) is 0 Å². The molecule has 0 bridgehead atoms. The number of aliphatic hydroxyl groups is 2. The van der Waals surface area contributed by atoms with Gasteiger partial charge in [-0.1, -0.05) is 27.7 Å². The van der Waals surface area contributed by atoms with Crippen LogP contribution in [0.3, 0.4) is 0 Å². The summed E-state index contributed by atoms with van der Waals surface area (Å²) in [7, 11) is 0. The Kier molecular flexibility index (Phi) is 18.9. The Morgan fingerprint density at radius 1 is 0.611 bits per heavy atom. The predicted octanol–water partition coefficient (Wildman–Crippen LogP) is 1.42. The molecule has 4 nitrogen and oxygen atoms in total. The molecule has 112 valence electrons. The molecule has 2 N–H and O–H groups in total. The molecule has 0 atom stereocenters. The van der Waals surface area contributed by atoms with E-state index in [4.69, 9.17) is 10.2 Å². The van der Waals surface area contributed by atoms with Gasteiger partial charge in [-0.25, -0.2) is 0 Å². The summed E-state index contributed by atoms with van der Waals surface area (Å²) in [6, 6.07) is 0. The zero-order valence-electron chi connectivity index (χ0n) is 12.9. The third kappa shape index (κ3) is 13.9. The molecule has 0 fully saturated rings. The lowest BCUT2D eigenvalue weighted by Gasteiger charge is -2.16. The highest BCUT2D eigenvalue weighted by molar-refractivity contribution is 4.50. The molecule has 0 heterocycles. The van der Waals surface area contributed by atoms with Gasteiger partial charge in [0.2, 0.25) is 0 Å². The Labute approximate surface area is 114 Å². The van der Waals surface area contributed by atoms with Gasteiger partial charge in [0.15, 0.2) is 0 Å². The fourth-order valence-corrected chi connectivity index (χ4v) is 1.67. The van der Waals surface area contributed by atoms with Crippen LogP contribution >= 0.6 is 0 Å². The van der Waals surface area contributed by atoms with E-state index in [1.54, 1.807) is 0 Å². The van der Waals surface area contributed by atoms with Crippen LogP contribution in [0.25, 0.3) is 0 Å². The summed E-state index contributed by atoms with van der Waals surface area (Å²) in [5.41, 5.74) is 0. The zero-order chi connectivity index (χ0) is 14.2. The van der Waals surface area contributed by atoms with Gasteiger partial charge in [0.05, 0.1) is 0 Å². The number of nitrogens with zero attached hydrogens (tertiary/aromatic N) is 2. The molecule has 0 spiro atoms. The van der Waals surface area contributed by atoms with E-state index in [0.717, 1.165) is 52.1 Å². The highest BCUT2D eigenvalue weighted by atomic mass is 16.3. The number of aliphatic hydroxyl groups excluding tert-OH is 2. The fraction of sp³-hybridized carbons (Fsp3) is 1.00. The van der Waals surface area contributed by atoms with Crippen LogP contribution in [0, 0.1) is 0 Å². The minimum absolute atomic E-state index is 0.316. The van der Waals surface area contributed by atoms with E-state index < -0.39 is 0 Å². The lowest BCUT2D eigenvalue weighted by Crippen LogP contribution is -2.24. The van der Waals surface area contributed by atoms with Crippen molar-refractivity contribution in [2.75, 3.05) is 52.5 Å². The smallest absolute Gasteiger partial charge is 0.0443 e. The summed E-state index contributed by atoms with van der Waals surface area (Å²) in [5.74, 6) is 0. The van der Waals surface area contributed by atoms with Gasteiger partial charge < -0.3 is 20.0 Å². The Balaban J connectivity index is 0. The van der Waals surface area contributed by atoms with Crippen molar-refractivity contribution in [1.82, 2.24) is 9.80 Å². The second kappa shape index (κ2) is 16.8. The van der Waals surface area contributed by atoms with Crippen LogP contribution in [0.15, 0.2) is 0 Å². The van der Waals surface area contributed by atoms with E-state index in [9.17, 15) is 0 Å². The van der Waals surface area contributed by atoms with Crippen molar-refractivity contribution < 1.29 is 10.2 Å². The first-order valence-electron chi connectivity index (χ1n) is 7.36. The molecule has 0 saturated carbocycles. The maximum atomic E-state index is 8.48. The van der Waals surface area contributed by atoms with Crippen LogP contribution in [0.1, 0.15) is 40.5 Å². The minimum atomic E-state index is 0.316. The lowest BCUT2D eigenvalue weighted by molar-refractivity contribution is 0.236. The molecular formula is C14H34N2O2. The van der Waals surface area contributed by atoms with Crippen LogP contribution < -0.4 is 0 Å². The normalized spacial score (nSPS) is 10.7. The van der Waals surface area contributed by atoms with Crippen molar-refractivity contribution >= 4 is 0 Å². The van der Waals surface area contributed by atoms with Crippen LogP contribution in [0.5, 0.6) is 0 Å². The predicted molar refractivity (Wildman–Crippen MR) is 79.0 cm³/mol. The average molecular weight is 262 g/mol. The van der Waals surface area contributed by atoms with Gasteiger partial charge in [-0.3, -0.25) is 0 Å². The second-order valence-corrected chi connectivity index (χ2v) is 4.21. The Morgan fingerprint density at radius 2 is 0.889 bits per heavy atom. The van der Waals surface area contributed by atoms with E-state index in [1.807, 2.05) is 0 Å². The molecule has 0 aliphatic heterocycles. The van der Waals surface area contributed by atoms with E-state index >= 15 is 0 Å². The monoisotopic (exact) mass is 262 g/mol. The highest BCUT2D eigenvalue weighted by Gasteiger charge is 1.95. The second-order valence-electron chi connectivity index (χ2n) is 4.21. The van der Waals surface area contributed by atoms with Crippen molar-refractivity contribution in [1.29, 1.82) is 0 Å². The van der Waals surface area contributed by atoms with Gasteiger partial charge in [-0.05, 0) is 39.0 Å². The molecule has 0 aromatic rings. The topological polar surface area (TPSA) is 46.9 Å². The van der Waals surface area contributed by atoms with Crippen molar-refractivity contribution in [3.05, 3.63) is 0 Å². The van der Waals surface area contributed by atoms with Gasteiger partial charge in [-0.15, -0.1) is 0 Å². The first-order chi connectivity index (χ1) is 8.69. The third-order valence-corrected chi connectivity index (χ3v) is 3.05. The minimum Gasteiger partial charge on any atom is -0.396 e. The molecule has 0 rings (SSSR count). The molecule has 0 aliphatic carbocycles. The number of hydrogen-bond donors (Lipinski definition) is 2. The Morgan fingerprint density at radius 3 is 1.06 bits per heavy atom. The number of rotatable bonds is 10. The Bertz CT molecular complexity index is 122. The van der Waals surface area contributed by atoms with Crippen molar-refractivity contribution in [3.63, 3.8) is 0 Å². The molecule has 0 amide bonds. The fourth-order valence-electron chi connectivity index (χ4n) is 1.67. The van der Waals surface area contributed by atoms with Gasteiger partial charge in [-0.2, -0.15) is 0 Å². The van der Waals surface area contributed by atoms with Gasteiger partial charge in [0.1, 0.15) is 0 Å². The van der Waals surface area contributed by atoms with E-state index in [1.165, 1.54) is 0 Å². The summed E-state index contributed by atoms with van der Waals surface area (Å²) in [4.78, 5) is 4.60. The maximum absolute atomic E-state index is 8.48. The first kappa shape index (κ1) is 20.2. The first-order valence-corrected chi connectivity index (χ1v) is 7.36. The maximum Gasteiger partial charge on any atom is 0.0443 e. The summed E-state index contributed by atoms with van der Waals surface area (Å²) < 4.78 is 0. The van der Waals surface area contributed by atoms with Gasteiger partial charge in [0, 0.05) is 26.3 Å². The molecular weight excluding hydrogens is 228 g/mol. The molecule has 0 aromatic carbocycles. The third-order valence-electron chi connectivity index (χ3n) is 3.05. The molecule has 0 unspecified atom stereocenters. The van der Waals surface area contributed by atoms with Crippen LogP contribution in [-0.4, -0.2) is 72.5 Å². The molecule has 0 aliphatic rings. The molecule has 4 heteroatoms.